The van der Waals surface area contributed by atoms with E-state index in [0.29, 0.717) is 4.88 Å². The van der Waals surface area contributed by atoms with Gasteiger partial charge in [-0.2, -0.15) is 0 Å². The van der Waals surface area contributed by atoms with Gasteiger partial charge < -0.3 is 10.4 Å². The molecule has 0 radical (unpaired) electrons. The number of carbonyl (C=O) groups excluding carboxylic acids is 1. The highest BCUT2D eigenvalue weighted by Gasteiger charge is 2.19. The number of carbonyl (C=O) groups is 2. The van der Waals surface area contributed by atoms with Crippen molar-refractivity contribution in [2.45, 2.75) is 25.7 Å². The van der Waals surface area contributed by atoms with E-state index in [0.717, 1.165) is 25.7 Å². The molecule has 0 aromatic carbocycles. The second kappa shape index (κ2) is 5.65. The Balaban J connectivity index is 1.83. The number of thiophene rings is 1. The van der Waals surface area contributed by atoms with Crippen molar-refractivity contribution in [3.63, 3.8) is 0 Å². The van der Waals surface area contributed by atoms with Gasteiger partial charge in [-0.3, -0.25) is 4.79 Å². The van der Waals surface area contributed by atoms with Crippen LogP contribution in [0.2, 0.25) is 0 Å². The molecular weight excluding hydrogens is 288 g/mol. The fraction of sp³-hybridized carbons (Fsp3) is 0.267. The first-order valence-corrected chi connectivity index (χ1v) is 7.58. The minimum atomic E-state index is -1.11. The molecule has 0 unspecified atom stereocenters. The molecular formula is C15H14N2O3S. The largest absolute Gasteiger partial charge is 0.478 e. The smallest absolute Gasteiger partial charge is 0.339 e. The van der Waals surface area contributed by atoms with Crippen LogP contribution in [0.4, 0.5) is 5.82 Å². The number of aromatic carboxylic acids is 1. The van der Waals surface area contributed by atoms with Crippen molar-refractivity contribution in [1.29, 1.82) is 0 Å². The summed E-state index contributed by atoms with van der Waals surface area (Å²) in [6.45, 7) is 0. The molecule has 1 amide bonds. The molecule has 0 atom stereocenters. The zero-order chi connectivity index (χ0) is 14.8. The number of amides is 1. The molecule has 2 aromatic rings. The predicted octanol–water partition coefficient (Wildman–Crippen LogP) is 2.97. The molecule has 6 heteroatoms. The van der Waals surface area contributed by atoms with Crippen LogP contribution >= 0.6 is 11.3 Å². The van der Waals surface area contributed by atoms with Crippen molar-refractivity contribution < 1.29 is 14.7 Å². The van der Waals surface area contributed by atoms with E-state index in [-0.39, 0.29) is 17.3 Å². The van der Waals surface area contributed by atoms with Crippen LogP contribution in [0.3, 0.4) is 0 Å². The quantitative estimate of drug-likeness (QED) is 0.913. The molecule has 2 N–H and O–H groups in total. The second-order valence-electron chi connectivity index (χ2n) is 4.93. The molecule has 0 saturated carbocycles. The van der Waals surface area contributed by atoms with Crippen molar-refractivity contribution in [3.05, 3.63) is 45.3 Å². The molecule has 5 nitrogen and oxygen atoms in total. The van der Waals surface area contributed by atoms with Gasteiger partial charge in [-0.15, -0.1) is 11.3 Å². The van der Waals surface area contributed by atoms with Gasteiger partial charge >= 0.3 is 5.97 Å². The highest BCUT2D eigenvalue weighted by atomic mass is 32.1. The Morgan fingerprint density at radius 3 is 2.86 bits per heavy atom. The first kappa shape index (κ1) is 13.8. The van der Waals surface area contributed by atoms with E-state index in [9.17, 15) is 9.59 Å². The monoisotopic (exact) mass is 302 g/mol. The summed E-state index contributed by atoms with van der Waals surface area (Å²) in [7, 11) is 0. The standard InChI is InChI=1S/C15H14N2O3S/c18-14(12-8-9-4-1-2-6-11(9)21-12)17-13-10(15(19)20)5-3-7-16-13/h3,5,7-8H,1-2,4,6H2,(H,19,20)(H,16,17,18). The molecule has 2 heterocycles. The van der Waals surface area contributed by atoms with E-state index in [1.54, 1.807) is 0 Å². The van der Waals surface area contributed by atoms with Crippen molar-refractivity contribution in [1.82, 2.24) is 4.98 Å². The van der Waals surface area contributed by atoms with Crippen LogP contribution in [0, 0.1) is 0 Å². The summed E-state index contributed by atoms with van der Waals surface area (Å²) in [5.74, 6) is -1.32. The third kappa shape index (κ3) is 2.80. The van der Waals surface area contributed by atoms with Gasteiger partial charge in [0.15, 0.2) is 0 Å². The van der Waals surface area contributed by atoms with Crippen LogP contribution in [0.1, 0.15) is 43.3 Å². The van der Waals surface area contributed by atoms with Crippen molar-refractivity contribution in [3.8, 4) is 0 Å². The fourth-order valence-electron chi connectivity index (χ4n) is 2.45. The van der Waals surface area contributed by atoms with Gasteiger partial charge in [0.1, 0.15) is 11.4 Å². The van der Waals surface area contributed by atoms with Crippen LogP contribution in [0.25, 0.3) is 0 Å². The Kier molecular flexibility index (Phi) is 3.70. The minimum Gasteiger partial charge on any atom is -0.478 e. The number of hydrogen-bond donors (Lipinski definition) is 2. The number of nitrogens with one attached hydrogen (secondary N) is 1. The van der Waals surface area contributed by atoms with Crippen molar-refractivity contribution in [2.24, 2.45) is 0 Å². The lowest BCUT2D eigenvalue weighted by atomic mass is 9.99. The average molecular weight is 302 g/mol. The van der Waals surface area contributed by atoms with Crippen molar-refractivity contribution in [2.75, 3.05) is 5.32 Å². The maximum atomic E-state index is 12.3. The maximum Gasteiger partial charge on any atom is 0.339 e. The molecule has 108 valence electrons. The Morgan fingerprint density at radius 1 is 1.29 bits per heavy atom. The van der Waals surface area contributed by atoms with E-state index in [1.807, 2.05) is 6.07 Å². The number of fused-ring (bicyclic) bond motifs is 1. The first-order chi connectivity index (χ1) is 10.1. The molecule has 2 aromatic heterocycles. The number of nitrogens with zero attached hydrogens (tertiary/aromatic N) is 1. The highest BCUT2D eigenvalue weighted by Crippen LogP contribution is 2.30. The number of anilines is 1. The molecule has 1 aliphatic rings. The normalized spacial score (nSPS) is 13.5. The van der Waals surface area contributed by atoms with Crippen LogP contribution in [0.5, 0.6) is 0 Å². The van der Waals surface area contributed by atoms with Gasteiger partial charge in [-0.25, -0.2) is 9.78 Å². The van der Waals surface area contributed by atoms with Gasteiger partial charge in [-0.1, -0.05) is 0 Å². The summed E-state index contributed by atoms with van der Waals surface area (Å²) < 4.78 is 0. The van der Waals surface area contributed by atoms with E-state index < -0.39 is 5.97 Å². The Hall–Kier alpha value is -2.21. The Labute approximate surface area is 125 Å². The zero-order valence-corrected chi connectivity index (χ0v) is 12.1. The van der Waals surface area contributed by atoms with Crippen molar-refractivity contribution >= 4 is 29.0 Å². The third-order valence-corrected chi connectivity index (χ3v) is 4.73. The summed E-state index contributed by atoms with van der Waals surface area (Å²) in [6.07, 6.45) is 5.83. The van der Waals surface area contributed by atoms with Gasteiger partial charge in [-0.05, 0) is 49.4 Å². The fourth-order valence-corrected chi connectivity index (χ4v) is 3.60. The lowest BCUT2D eigenvalue weighted by Gasteiger charge is -2.08. The van der Waals surface area contributed by atoms with Crippen LogP contribution in [-0.4, -0.2) is 22.0 Å². The van der Waals surface area contributed by atoms with E-state index >= 15 is 0 Å². The summed E-state index contributed by atoms with van der Waals surface area (Å²) in [5, 5.41) is 11.7. The van der Waals surface area contributed by atoms with Gasteiger partial charge in [0.25, 0.3) is 5.91 Å². The lowest BCUT2D eigenvalue weighted by Crippen LogP contribution is -2.14. The number of pyridine rings is 1. The number of carboxylic acid groups (broad SMARTS) is 1. The molecule has 0 saturated heterocycles. The number of rotatable bonds is 3. The molecule has 0 aliphatic heterocycles. The predicted molar refractivity (Wildman–Crippen MR) is 80.1 cm³/mol. The lowest BCUT2D eigenvalue weighted by molar-refractivity contribution is 0.0697. The SMILES string of the molecule is O=C(Nc1ncccc1C(=O)O)c1cc2c(s1)CCCC2. The number of hydrogen-bond acceptors (Lipinski definition) is 4. The molecule has 0 bridgehead atoms. The molecule has 0 fully saturated rings. The molecule has 21 heavy (non-hydrogen) atoms. The van der Waals surface area contributed by atoms with E-state index in [4.69, 9.17) is 5.11 Å². The molecule has 0 spiro atoms. The summed E-state index contributed by atoms with van der Waals surface area (Å²) >= 11 is 1.49. The molecule has 1 aliphatic carbocycles. The van der Waals surface area contributed by atoms with Crippen LogP contribution < -0.4 is 5.32 Å². The number of aryl methyl sites for hydroxylation is 2. The Morgan fingerprint density at radius 2 is 2.10 bits per heavy atom. The van der Waals surface area contributed by atoms with Gasteiger partial charge in [0.2, 0.25) is 0 Å². The molecule has 3 rings (SSSR count). The zero-order valence-electron chi connectivity index (χ0n) is 11.3. The van der Waals surface area contributed by atoms with Gasteiger partial charge in [0.05, 0.1) is 4.88 Å². The van der Waals surface area contributed by atoms with Crippen LogP contribution in [0.15, 0.2) is 24.4 Å². The average Bonchev–Trinajstić information content (AvgIpc) is 2.91. The highest BCUT2D eigenvalue weighted by molar-refractivity contribution is 7.14. The summed E-state index contributed by atoms with van der Waals surface area (Å²) in [4.78, 5) is 29.2. The second-order valence-corrected chi connectivity index (χ2v) is 6.06. The summed E-state index contributed by atoms with van der Waals surface area (Å²) in [6, 6.07) is 4.87. The first-order valence-electron chi connectivity index (χ1n) is 6.76. The number of carboxylic acids is 1. The minimum absolute atomic E-state index is 0.00725. The number of aromatic nitrogens is 1. The summed E-state index contributed by atoms with van der Waals surface area (Å²) in [5.41, 5.74) is 1.24. The third-order valence-electron chi connectivity index (χ3n) is 3.49. The maximum absolute atomic E-state index is 12.3. The van der Waals surface area contributed by atoms with E-state index in [2.05, 4.69) is 10.3 Å². The van der Waals surface area contributed by atoms with Gasteiger partial charge in [0, 0.05) is 11.1 Å². The van der Waals surface area contributed by atoms with E-state index in [1.165, 1.54) is 40.1 Å². The van der Waals surface area contributed by atoms with Crippen LogP contribution in [-0.2, 0) is 12.8 Å². The Bertz CT molecular complexity index is 685. The topological polar surface area (TPSA) is 79.3 Å².